The highest BCUT2D eigenvalue weighted by Crippen LogP contribution is 2.27. The van der Waals surface area contributed by atoms with Gasteiger partial charge in [0.25, 0.3) is 5.91 Å². The number of amides is 1. The minimum Gasteiger partial charge on any atom is -0.354 e. The third-order valence-corrected chi connectivity index (χ3v) is 4.86. The third-order valence-electron chi connectivity index (χ3n) is 4.86. The van der Waals surface area contributed by atoms with E-state index < -0.39 is 0 Å². The first kappa shape index (κ1) is 18.1. The zero-order valence-electron chi connectivity index (χ0n) is 15.4. The summed E-state index contributed by atoms with van der Waals surface area (Å²) in [6.45, 7) is 1.33. The smallest absolute Gasteiger partial charge is 0.261 e. The van der Waals surface area contributed by atoms with Crippen molar-refractivity contribution >= 4 is 17.5 Å². The number of carbonyl (C=O) groups excluding carboxylic acids is 1. The first-order valence-corrected chi connectivity index (χ1v) is 9.41. The van der Waals surface area contributed by atoms with Crippen LogP contribution in [0.25, 0.3) is 0 Å². The number of benzene rings is 2. The number of rotatable bonds is 5. The summed E-state index contributed by atoms with van der Waals surface area (Å²) in [5.41, 5.74) is 3.67. The van der Waals surface area contributed by atoms with Gasteiger partial charge < -0.3 is 10.2 Å². The summed E-state index contributed by atoms with van der Waals surface area (Å²) in [6.07, 6.45) is 5.80. The second-order valence-electron chi connectivity index (χ2n) is 6.79. The van der Waals surface area contributed by atoms with Gasteiger partial charge in [-0.2, -0.15) is 0 Å². The van der Waals surface area contributed by atoms with E-state index in [0.29, 0.717) is 24.6 Å². The Morgan fingerprint density at radius 1 is 1.07 bits per heavy atom. The number of aromatic nitrogens is 2. The molecule has 3 aromatic rings. The SMILES string of the molecule is O=C(c1cnc(NCCc2ccc(F)cc2)nc1)N1CCCc2ccccc21. The van der Waals surface area contributed by atoms with Crippen molar-refractivity contribution < 1.29 is 9.18 Å². The molecule has 6 heteroatoms. The Bertz CT molecular complexity index is 957. The first-order chi connectivity index (χ1) is 13.7. The third kappa shape index (κ3) is 4.01. The Morgan fingerprint density at radius 2 is 1.82 bits per heavy atom. The Labute approximate surface area is 163 Å². The van der Waals surface area contributed by atoms with Crippen LogP contribution in [0, 0.1) is 5.82 Å². The lowest BCUT2D eigenvalue weighted by Crippen LogP contribution is -2.35. The van der Waals surface area contributed by atoms with Crippen molar-refractivity contribution in [2.75, 3.05) is 23.3 Å². The van der Waals surface area contributed by atoms with E-state index in [9.17, 15) is 9.18 Å². The summed E-state index contributed by atoms with van der Waals surface area (Å²) >= 11 is 0. The molecule has 0 spiro atoms. The van der Waals surface area contributed by atoms with Crippen molar-refractivity contribution in [3.63, 3.8) is 0 Å². The fourth-order valence-electron chi connectivity index (χ4n) is 3.40. The van der Waals surface area contributed by atoms with Crippen molar-refractivity contribution in [3.8, 4) is 0 Å². The fraction of sp³-hybridized carbons (Fsp3) is 0.227. The van der Waals surface area contributed by atoms with Gasteiger partial charge in [-0.1, -0.05) is 30.3 Å². The number of halogens is 1. The van der Waals surface area contributed by atoms with Gasteiger partial charge in [-0.25, -0.2) is 14.4 Å². The second-order valence-corrected chi connectivity index (χ2v) is 6.79. The molecule has 1 aromatic heterocycles. The molecule has 0 radical (unpaired) electrons. The van der Waals surface area contributed by atoms with Gasteiger partial charge in [-0.15, -0.1) is 0 Å². The van der Waals surface area contributed by atoms with E-state index in [2.05, 4.69) is 21.4 Å². The van der Waals surface area contributed by atoms with Crippen LogP contribution < -0.4 is 10.2 Å². The molecule has 142 valence electrons. The van der Waals surface area contributed by atoms with Gasteiger partial charge in [0, 0.05) is 31.2 Å². The molecule has 1 aliphatic heterocycles. The number of para-hydroxylation sites is 1. The monoisotopic (exact) mass is 376 g/mol. The summed E-state index contributed by atoms with van der Waals surface area (Å²) in [7, 11) is 0. The maximum absolute atomic E-state index is 12.9. The van der Waals surface area contributed by atoms with Gasteiger partial charge in [0.15, 0.2) is 0 Å². The molecule has 1 aliphatic rings. The highest BCUT2D eigenvalue weighted by atomic mass is 19.1. The lowest BCUT2D eigenvalue weighted by atomic mass is 10.0. The maximum atomic E-state index is 12.9. The average molecular weight is 376 g/mol. The normalized spacial score (nSPS) is 13.1. The number of nitrogens with one attached hydrogen (secondary N) is 1. The lowest BCUT2D eigenvalue weighted by molar-refractivity contribution is 0.0984. The van der Waals surface area contributed by atoms with Crippen LogP contribution in [0.15, 0.2) is 60.9 Å². The Hall–Kier alpha value is -3.28. The number of hydrogen-bond acceptors (Lipinski definition) is 4. The highest BCUT2D eigenvalue weighted by molar-refractivity contribution is 6.06. The molecule has 28 heavy (non-hydrogen) atoms. The summed E-state index contributed by atoms with van der Waals surface area (Å²) in [6, 6.07) is 14.4. The molecule has 0 unspecified atom stereocenters. The number of carbonyl (C=O) groups is 1. The van der Waals surface area contributed by atoms with Gasteiger partial charge >= 0.3 is 0 Å². The van der Waals surface area contributed by atoms with Gasteiger partial charge in [-0.3, -0.25) is 4.79 Å². The largest absolute Gasteiger partial charge is 0.354 e. The van der Waals surface area contributed by atoms with Crippen LogP contribution >= 0.6 is 0 Å². The van der Waals surface area contributed by atoms with Crippen molar-refractivity contribution in [3.05, 3.63) is 83.4 Å². The van der Waals surface area contributed by atoms with Gasteiger partial charge in [0.1, 0.15) is 5.82 Å². The topological polar surface area (TPSA) is 58.1 Å². The molecule has 0 bridgehead atoms. The molecule has 1 N–H and O–H groups in total. The van der Waals surface area contributed by atoms with Gasteiger partial charge in [0.2, 0.25) is 5.95 Å². The highest BCUT2D eigenvalue weighted by Gasteiger charge is 2.23. The van der Waals surface area contributed by atoms with Gasteiger partial charge in [0.05, 0.1) is 5.56 Å². The van der Waals surface area contributed by atoms with E-state index in [4.69, 9.17) is 0 Å². The van der Waals surface area contributed by atoms with Gasteiger partial charge in [-0.05, 0) is 48.6 Å². The molecule has 0 fully saturated rings. The van der Waals surface area contributed by atoms with E-state index >= 15 is 0 Å². The summed E-state index contributed by atoms with van der Waals surface area (Å²) in [5, 5.41) is 3.13. The minimum absolute atomic E-state index is 0.0787. The zero-order chi connectivity index (χ0) is 19.3. The summed E-state index contributed by atoms with van der Waals surface area (Å²) in [5.74, 6) is 0.152. The molecule has 0 aliphatic carbocycles. The molecule has 0 saturated carbocycles. The number of fused-ring (bicyclic) bond motifs is 1. The average Bonchev–Trinajstić information content (AvgIpc) is 2.75. The molecular weight excluding hydrogens is 355 g/mol. The minimum atomic E-state index is -0.239. The zero-order valence-corrected chi connectivity index (χ0v) is 15.4. The summed E-state index contributed by atoms with van der Waals surface area (Å²) in [4.78, 5) is 23.2. The van der Waals surface area contributed by atoms with E-state index in [1.807, 2.05) is 18.2 Å². The predicted octanol–water partition coefficient (Wildman–Crippen LogP) is 3.86. The van der Waals surface area contributed by atoms with E-state index in [1.54, 1.807) is 29.4 Å². The van der Waals surface area contributed by atoms with Crippen LogP contribution in [-0.2, 0) is 12.8 Å². The van der Waals surface area contributed by atoms with E-state index in [0.717, 1.165) is 30.5 Å². The van der Waals surface area contributed by atoms with Crippen LogP contribution in [0.5, 0.6) is 0 Å². The fourth-order valence-corrected chi connectivity index (χ4v) is 3.40. The molecule has 0 saturated heterocycles. The van der Waals surface area contributed by atoms with Crippen LogP contribution in [-0.4, -0.2) is 29.0 Å². The molecule has 5 nitrogen and oxygen atoms in total. The molecular formula is C22H21FN4O. The van der Waals surface area contributed by atoms with Crippen LogP contribution in [0.3, 0.4) is 0 Å². The quantitative estimate of drug-likeness (QED) is 0.735. The molecule has 2 aromatic carbocycles. The van der Waals surface area contributed by atoms with Crippen molar-refractivity contribution in [2.24, 2.45) is 0 Å². The van der Waals surface area contributed by atoms with E-state index in [-0.39, 0.29) is 11.7 Å². The predicted molar refractivity (Wildman–Crippen MR) is 107 cm³/mol. The van der Waals surface area contributed by atoms with Crippen molar-refractivity contribution in [2.45, 2.75) is 19.3 Å². The standard InChI is InChI=1S/C22H21FN4O/c23-19-9-7-16(8-10-19)11-12-24-22-25-14-18(15-26-22)21(28)27-13-3-5-17-4-1-2-6-20(17)27/h1-2,4,6-10,14-15H,3,5,11-13H2,(H,24,25,26). The Balaban J connectivity index is 1.38. The number of nitrogens with zero attached hydrogens (tertiary/aromatic N) is 3. The van der Waals surface area contributed by atoms with Crippen molar-refractivity contribution in [1.29, 1.82) is 0 Å². The van der Waals surface area contributed by atoms with Crippen LogP contribution in [0.1, 0.15) is 27.9 Å². The molecule has 0 atom stereocenters. The Kier molecular flexibility index (Phi) is 5.28. The number of anilines is 2. The Morgan fingerprint density at radius 3 is 2.61 bits per heavy atom. The van der Waals surface area contributed by atoms with E-state index in [1.165, 1.54) is 17.7 Å². The lowest BCUT2D eigenvalue weighted by Gasteiger charge is -2.29. The van der Waals surface area contributed by atoms with Crippen molar-refractivity contribution in [1.82, 2.24) is 9.97 Å². The summed E-state index contributed by atoms with van der Waals surface area (Å²) < 4.78 is 12.9. The van der Waals surface area contributed by atoms with Crippen LogP contribution in [0.4, 0.5) is 16.0 Å². The maximum Gasteiger partial charge on any atom is 0.261 e. The first-order valence-electron chi connectivity index (χ1n) is 9.41. The molecule has 1 amide bonds. The number of hydrogen-bond donors (Lipinski definition) is 1. The second kappa shape index (κ2) is 8.17. The molecule has 4 rings (SSSR count). The number of aryl methyl sites for hydroxylation is 1. The van der Waals surface area contributed by atoms with Crippen LogP contribution in [0.2, 0.25) is 0 Å². The molecule has 2 heterocycles.